The molecule has 0 heterocycles. The molecule has 2 nitrogen and oxygen atoms in total. The molecule has 96 valence electrons. The Labute approximate surface area is 110 Å². The Morgan fingerprint density at radius 1 is 0.611 bits per heavy atom. The van der Waals surface area contributed by atoms with Gasteiger partial charge in [0.1, 0.15) is 0 Å². The van der Waals surface area contributed by atoms with Crippen LogP contribution in [0, 0.1) is 0 Å². The lowest BCUT2D eigenvalue weighted by molar-refractivity contribution is 0.390. The molecule has 0 amide bonds. The van der Waals surface area contributed by atoms with Crippen molar-refractivity contribution >= 4 is 0 Å². The third kappa shape index (κ3) is 2.89. The van der Waals surface area contributed by atoms with Crippen LogP contribution in [0.3, 0.4) is 0 Å². The largest absolute Gasteiger partial charge is 0.300 e. The van der Waals surface area contributed by atoms with E-state index in [0.29, 0.717) is 12.1 Å². The third-order valence-electron chi connectivity index (χ3n) is 3.42. The first-order valence-electron chi connectivity index (χ1n) is 6.38. The molecule has 0 saturated heterocycles. The molecule has 0 aromatic heterocycles. The lowest BCUT2D eigenvalue weighted by Gasteiger charge is -2.22. The molecule has 2 rings (SSSR count). The summed E-state index contributed by atoms with van der Waals surface area (Å²) in [6.45, 7) is 0. The van der Waals surface area contributed by atoms with Crippen molar-refractivity contribution in [3.05, 3.63) is 59.8 Å². The number of allylic oxidation sites excluding steroid dienone is 6. The smallest absolute Gasteiger partial charge is 0.0462 e. The van der Waals surface area contributed by atoms with E-state index in [1.54, 1.807) is 0 Å². The lowest BCUT2D eigenvalue weighted by Crippen LogP contribution is -2.25. The Morgan fingerprint density at radius 3 is 1.11 bits per heavy atom. The molecule has 0 fully saturated rings. The van der Waals surface area contributed by atoms with Crippen LogP contribution < -0.4 is 0 Å². The van der Waals surface area contributed by atoms with Crippen molar-refractivity contribution in [1.29, 1.82) is 0 Å². The van der Waals surface area contributed by atoms with Gasteiger partial charge in [-0.3, -0.25) is 9.80 Å². The van der Waals surface area contributed by atoms with E-state index in [1.807, 2.05) is 0 Å². The molecule has 0 radical (unpaired) electrons. The zero-order valence-electron chi connectivity index (χ0n) is 11.7. The van der Waals surface area contributed by atoms with Crippen LogP contribution in [0.15, 0.2) is 59.8 Å². The molecule has 0 unspecified atom stereocenters. The van der Waals surface area contributed by atoms with Crippen LogP contribution in [0.4, 0.5) is 0 Å². The maximum absolute atomic E-state index is 2.24. The minimum atomic E-state index is 0.417. The number of hydrogen-bond acceptors (Lipinski definition) is 2. The summed E-state index contributed by atoms with van der Waals surface area (Å²) in [7, 11) is 8.39. The molecule has 0 aliphatic heterocycles. The quantitative estimate of drug-likeness (QED) is 0.733. The van der Waals surface area contributed by atoms with E-state index in [9.17, 15) is 0 Å². The van der Waals surface area contributed by atoms with Crippen molar-refractivity contribution in [3.63, 3.8) is 0 Å². The van der Waals surface area contributed by atoms with Gasteiger partial charge in [-0.25, -0.2) is 0 Å². The maximum atomic E-state index is 2.24. The summed E-state index contributed by atoms with van der Waals surface area (Å²) in [5.41, 5.74) is 2.58. The SMILES string of the molecule is CN(C)C1C=CC(=C2C=CC(N(C)C)C=C2)C=C1. The summed E-state index contributed by atoms with van der Waals surface area (Å²) in [6.07, 6.45) is 17.8. The molecule has 0 bridgehead atoms. The van der Waals surface area contributed by atoms with E-state index >= 15 is 0 Å². The van der Waals surface area contributed by atoms with E-state index in [2.05, 4.69) is 86.6 Å². The van der Waals surface area contributed by atoms with Crippen LogP contribution >= 0.6 is 0 Å². The highest BCUT2D eigenvalue weighted by Crippen LogP contribution is 2.21. The minimum absolute atomic E-state index is 0.417. The number of hydrogen-bond donors (Lipinski definition) is 0. The van der Waals surface area contributed by atoms with Gasteiger partial charge in [-0.2, -0.15) is 0 Å². The fraction of sp³-hybridized carbons (Fsp3) is 0.375. The summed E-state index contributed by atoms with van der Waals surface area (Å²) < 4.78 is 0. The van der Waals surface area contributed by atoms with Crippen molar-refractivity contribution in [1.82, 2.24) is 9.80 Å². The second-order valence-electron chi connectivity index (χ2n) is 5.26. The molecule has 0 spiro atoms. The van der Waals surface area contributed by atoms with Crippen molar-refractivity contribution < 1.29 is 0 Å². The Bertz CT molecular complexity index is 374. The lowest BCUT2D eigenvalue weighted by atomic mass is 9.96. The summed E-state index contributed by atoms with van der Waals surface area (Å²) >= 11 is 0. The average Bonchev–Trinajstić information content (AvgIpc) is 2.39. The number of nitrogens with zero attached hydrogens (tertiary/aromatic N) is 2. The molecule has 2 aliphatic carbocycles. The normalized spacial score (nSPS) is 26.8. The number of rotatable bonds is 2. The van der Waals surface area contributed by atoms with Gasteiger partial charge in [0.05, 0.1) is 0 Å². The molecule has 0 saturated carbocycles. The van der Waals surface area contributed by atoms with Crippen molar-refractivity contribution in [2.75, 3.05) is 28.2 Å². The zero-order valence-corrected chi connectivity index (χ0v) is 11.7. The first-order valence-corrected chi connectivity index (χ1v) is 6.38. The minimum Gasteiger partial charge on any atom is -0.300 e. The Kier molecular flexibility index (Phi) is 4.00. The van der Waals surface area contributed by atoms with E-state index in [-0.39, 0.29) is 0 Å². The first-order chi connectivity index (χ1) is 8.58. The maximum Gasteiger partial charge on any atom is 0.0462 e. The Balaban J connectivity index is 2.13. The number of likely N-dealkylation sites (N-methyl/N-ethyl adjacent to an activating group) is 2. The van der Waals surface area contributed by atoms with Gasteiger partial charge >= 0.3 is 0 Å². The van der Waals surface area contributed by atoms with Crippen LogP contribution in [-0.2, 0) is 0 Å². The average molecular weight is 242 g/mol. The topological polar surface area (TPSA) is 6.48 Å². The molecule has 2 heteroatoms. The third-order valence-corrected chi connectivity index (χ3v) is 3.42. The summed E-state index contributed by atoms with van der Waals surface area (Å²) in [4.78, 5) is 4.39. The van der Waals surface area contributed by atoms with Crippen LogP contribution in [0.2, 0.25) is 0 Å². The van der Waals surface area contributed by atoms with Gasteiger partial charge in [-0.1, -0.05) is 48.6 Å². The molecule has 0 aromatic carbocycles. The highest BCUT2D eigenvalue weighted by Gasteiger charge is 2.11. The van der Waals surface area contributed by atoms with Gasteiger partial charge in [-0.05, 0) is 39.3 Å². The van der Waals surface area contributed by atoms with Crippen LogP contribution in [-0.4, -0.2) is 50.1 Å². The summed E-state index contributed by atoms with van der Waals surface area (Å²) in [5.74, 6) is 0. The molecule has 0 aromatic rings. The van der Waals surface area contributed by atoms with Gasteiger partial charge < -0.3 is 0 Å². The predicted octanol–water partition coefficient (Wildman–Crippen LogP) is 2.40. The molecule has 18 heavy (non-hydrogen) atoms. The van der Waals surface area contributed by atoms with Crippen molar-refractivity contribution in [2.24, 2.45) is 0 Å². The van der Waals surface area contributed by atoms with Crippen molar-refractivity contribution in [2.45, 2.75) is 12.1 Å². The van der Waals surface area contributed by atoms with Gasteiger partial charge in [-0.15, -0.1) is 0 Å². The standard InChI is InChI=1S/C16H22N2/c1-17(2)15-9-5-13(6-10-15)14-7-11-16(12-8-14)18(3)4/h5-12,15-16H,1-4H3. The predicted molar refractivity (Wildman–Crippen MR) is 78.5 cm³/mol. The Morgan fingerprint density at radius 2 is 0.889 bits per heavy atom. The highest BCUT2D eigenvalue weighted by molar-refractivity contribution is 5.51. The Hall–Kier alpha value is -1.38. The fourth-order valence-corrected chi connectivity index (χ4v) is 2.12. The van der Waals surface area contributed by atoms with Crippen LogP contribution in [0.5, 0.6) is 0 Å². The van der Waals surface area contributed by atoms with Crippen LogP contribution in [0.1, 0.15) is 0 Å². The van der Waals surface area contributed by atoms with Crippen LogP contribution in [0.25, 0.3) is 0 Å². The summed E-state index contributed by atoms with van der Waals surface area (Å²) in [5, 5.41) is 0. The monoisotopic (exact) mass is 242 g/mol. The van der Waals surface area contributed by atoms with Gasteiger partial charge in [0.15, 0.2) is 0 Å². The first kappa shape index (κ1) is 13.1. The fourth-order valence-electron chi connectivity index (χ4n) is 2.12. The second-order valence-corrected chi connectivity index (χ2v) is 5.26. The molecule has 2 aliphatic rings. The van der Waals surface area contributed by atoms with E-state index in [4.69, 9.17) is 0 Å². The second kappa shape index (κ2) is 5.51. The molecular formula is C16H22N2. The molecule has 0 N–H and O–H groups in total. The summed E-state index contributed by atoms with van der Waals surface area (Å²) in [6, 6.07) is 0.834. The van der Waals surface area contributed by atoms with E-state index in [0.717, 1.165) is 0 Å². The zero-order chi connectivity index (χ0) is 13.1. The molecule has 0 atom stereocenters. The van der Waals surface area contributed by atoms with E-state index in [1.165, 1.54) is 11.1 Å². The van der Waals surface area contributed by atoms with Crippen molar-refractivity contribution in [3.8, 4) is 0 Å². The van der Waals surface area contributed by atoms with Gasteiger partial charge in [0, 0.05) is 12.1 Å². The van der Waals surface area contributed by atoms with Gasteiger partial charge in [0.2, 0.25) is 0 Å². The highest BCUT2D eigenvalue weighted by atomic mass is 15.1. The molecular weight excluding hydrogens is 220 g/mol. The van der Waals surface area contributed by atoms with Gasteiger partial charge in [0.25, 0.3) is 0 Å². The van der Waals surface area contributed by atoms with E-state index < -0.39 is 0 Å².